The Kier molecular flexibility index (Phi) is 2.46. The van der Waals surface area contributed by atoms with Crippen LogP contribution in [0.15, 0.2) is 24.3 Å². The normalized spacial score (nSPS) is 15.1. The van der Waals surface area contributed by atoms with Gasteiger partial charge in [0.05, 0.1) is 0 Å². The summed E-state index contributed by atoms with van der Waals surface area (Å²) in [6.07, 6.45) is 5.40. The molecular weight excluding hydrogens is 174 g/mol. The zero-order valence-electron chi connectivity index (χ0n) is 7.99. The monoisotopic (exact) mass is 187 g/mol. The van der Waals surface area contributed by atoms with Gasteiger partial charge in [-0.05, 0) is 23.6 Å². The number of ketones is 1. The van der Waals surface area contributed by atoms with E-state index in [2.05, 4.69) is 0 Å². The van der Waals surface area contributed by atoms with Crippen LogP contribution in [0.2, 0.25) is 0 Å². The van der Waals surface area contributed by atoms with E-state index in [0.717, 1.165) is 17.5 Å². The highest BCUT2D eigenvalue weighted by Gasteiger charge is 2.18. The summed E-state index contributed by atoms with van der Waals surface area (Å²) in [5, 5.41) is 0. The van der Waals surface area contributed by atoms with Crippen molar-refractivity contribution in [2.24, 2.45) is 5.73 Å². The lowest BCUT2D eigenvalue weighted by Gasteiger charge is -1.98. The van der Waals surface area contributed by atoms with E-state index in [1.807, 2.05) is 30.4 Å². The molecule has 2 nitrogen and oxygen atoms in total. The highest BCUT2D eigenvalue weighted by Crippen LogP contribution is 2.23. The minimum atomic E-state index is 0.267. The quantitative estimate of drug-likeness (QED) is 0.767. The molecule has 0 saturated heterocycles. The predicted molar refractivity (Wildman–Crippen MR) is 57.2 cm³/mol. The van der Waals surface area contributed by atoms with E-state index in [-0.39, 0.29) is 5.78 Å². The van der Waals surface area contributed by atoms with Gasteiger partial charge in [0.15, 0.2) is 5.78 Å². The van der Waals surface area contributed by atoms with E-state index in [1.54, 1.807) is 0 Å². The van der Waals surface area contributed by atoms with E-state index in [1.165, 1.54) is 5.56 Å². The van der Waals surface area contributed by atoms with Crippen molar-refractivity contribution in [1.29, 1.82) is 0 Å². The average molecular weight is 187 g/mol. The first kappa shape index (κ1) is 9.16. The van der Waals surface area contributed by atoms with Crippen molar-refractivity contribution in [1.82, 2.24) is 0 Å². The third-order valence-electron chi connectivity index (χ3n) is 2.50. The second-order valence-corrected chi connectivity index (χ2v) is 3.48. The van der Waals surface area contributed by atoms with E-state index < -0.39 is 0 Å². The first-order chi connectivity index (χ1) is 6.81. The number of Topliss-reactive ketones (excluding diaryl/α,β-unsaturated/α-hetero) is 1. The molecule has 0 unspecified atom stereocenters. The lowest BCUT2D eigenvalue weighted by atomic mass is 10.1. The molecule has 2 heteroatoms. The van der Waals surface area contributed by atoms with Crippen LogP contribution in [-0.2, 0) is 6.42 Å². The average Bonchev–Trinajstić information content (AvgIpc) is 2.57. The van der Waals surface area contributed by atoms with Crippen LogP contribution in [0.5, 0.6) is 0 Å². The lowest BCUT2D eigenvalue weighted by Crippen LogP contribution is -1.93. The number of fused-ring (bicyclic) bond motifs is 1. The molecule has 0 aromatic heterocycles. The van der Waals surface area contributed by atoms with Crippen LogP contribution in [0.3, 0.4) is 0 Å². The Morgan fingerprint density at radius 3 is 3.00 bits per heavy atom. The molecule has 0 atom stereocenters. The molecular formula is C12H13NO. The fourth-order valence-corrected chi connectivity index (χ4v) is 1.76. The van der Waals surface area contributed by atoms with Gasteiger partial charge >= 0.3 is 0 Å². The standard InChI is InChI=1S/C12H13NO/c13-7-1-2-9-3-4-10-5-6-12(14)11(10)8-9/h1-4,8H,5-7,13H2. The summed E-state index contributed by atoms with van der Waals surface area (Å²) < 4.78 is 0. The second-order valence-electron chi connectivity index (χ2n) is 3.48. The summed E-state index contributed by atoms with van der Waals surface area (Å²) in [6.45, 7) is 0.533. The molecule has 1 aromatic rings. The SMILES string of the molecule is NCC=Cc1ccc2c(c1)C(=O)CC2. The Hall–Kier alpha value is -1.41. The number of hydrogen-bond acceptors (Lipinski definition) is 2. The molecule has 0 amide bonds. The summed E-state index contributed by atoms with van der Waals surface area (Å²) in [7, 11) is 0. The van der Waals surface area contributed by atoms with Crippen molar-refractivity contribution >= 4 is 11.9 Å². The van der Waals surface area contributed by atoms with Gasteiger partial charge in [0, 0.05) is 18.5 Å². The van der Waals surface area contributed by atoms with Gasteiger partial charge in [0.1, 0.15) is 0 Å². The maximum Gasteiger partial charge on any atom is 0.163 e. The lowest BCUT2D eigenvalue weighted by molar-refractivity contribution is 0.0994. The summed E-state index contributed by atoms with van der Waals surface area (Å²) in [5.74, 6) is 0.267. The van der Waals surface area contributed by atoms with E-state index >= 15 is 0 Å². The van der Waals surface area contributed by atoms with Crippen LogP contribution in [0, 0.1) is 0 Å². The zero-order valence-corrected chi connectivity index (χ0v) is 7.99. The number of aryl methyl sites for hydroxylation is 1. The van der Waals surface area contributed by atoms with Crippen molar-refractivity contribution in [3.8, 4) is 0 Å². The first-order valence-corrected chi connectivity index (χ1v) is 4.84. The molecule has 2 rings (SSSR count). The third kappa shape index (κ3) is 1.61. The molecule has 72 valence electrons. The summed E-state index contributed by atoms with van der Waals surface area (Å²) in [6, 6.07) is 6.02. The Labute approximate surface area is 83.4 Å². The molecule has 1 aliphatic carbocycles. The molecule has 0 spiro atoms. The van der Waals surface area contributed by atoms with Crippen molar-refractivity contribution in [3.63, 3.8) is 0 Å². The number of nitrogens with two attached hydrogens (primary N) is 1. The van der Waals surface area contributed by atoms with Gasteiger partial charge in [-0.2, -0.15) is 0 Å². The topological polar surface area (TPSA) is 43.1 Å². The van der Waals surface area contributed by atoms with Crippen molar-refractivity contribution in [2.75, 3.05) is 6.54 Å². The number of benzene rings is 1. The van der Waals surface area contributed by atoms with Gasteiger partial charge in [-0.15, -0.1) is 0 Å². The van der Waals surface area contributed by atoms with Gasteiger partial charge in [0.2, 0.25) is 0 Å². The molecule has 0 fully saturated rings. The van der Waals surface area contributed by atoms with Crippen LogP contribution >= 0.6 is 0 Å². The summed E-state index contributed by atoms with van der Waals surface area (Å²) in [4.78, 5) is 11.4. The van der Waals surface area contributed by atoms with Crippen molar-refractivity contribution in [3.05, 3.63) is 41.0 Å². The van der Waals surface area contributed by atoms with Crippen LogP contribution < -0.4 is 5.73 Å². The second kappa shape index (κ2) is 3.76. The van der Waals surface area contributed by atoms with Crippen LogP contribution in [0.25, 0.3) is 6.08 Å². The number of hydrogen-bond donors (Lipinski definition) is 1. The molecule has 1 aromatic carbocycles. The molecule has 0 radical (unpaired) electrons. The van der Waals surface area contributed by atoms with Crippen LogP contribution in [0.4, 0.5) is 0 Å². The summed E-state index contributed by atoms with van der Waals surface area (Å²) >= 11 is 0. The van der Waals surface area contributed by atoms with Crippen molar-refractivity contribution < 1.29 is 4.79 Å². The Balaban J connectivity index is 2.35. The fraction of sp³-hybridized carbons (Fsp3) is 0.250. The first-order valence-electron chi connectivity index (χ1n) is 4.84. The number of carbonyl (C=O) groups is 1. The van der Waals surface area contributed by atoms with Crippen molar-refractivity contribution in [2.45, 2.75) is 12.8 Å². The molecule has 1 aliphatic rings. The molecule has 0 aliphatic heterocycles. The van der Waals surface area contributed by atoms with Gasteiger partial charge in [-0.3, -0.25) is 4.79 Å². The zero-order chi connectivity index (χ0) is 9.97. The maximum atomic E-state index is 11.4. The fourth-order valence-electron chi connectivity index (χ4n) is 1.76. The predicted octanol–water partition coefficient (Wildman–Crippen LogP) is 1.79. The molecule has 14 heavy (non-hydrogen) atoms. The Bertz CT molecular complexity index is 393. The number of carbonyl (C=O) groups excluding carboxylic acids is 1. The largest absolute Gasteiger partial charge is 0.327 e. The van der Waals surface area contributed by atoms with E-state index in [4.69, 9.17) is 5.73 Å². The molecule has 0 saturated carbocycles. The minimum Gasteiger partial charge on any atom is -0.327 e. The Morgan fingerprint density at radius 2 is 2.21 bits per heavy atom. The van der Waals surface area contributed by atoms with E-state index in [0.29, 0.717) is 13.0 Å². The molecule has 0 bridgehead atoms. The smallest absolute Gasteiger partial charge is 0.163 e. The van der Waals surface area contributed by atoms with Gasteiger partial charge in [0.25, 0.3) is 0 Å². The van der Waals surface area contributed by atoms with Gasteiger partial charge < -0.3 is 5.73 Å². The summed E-state index contributed by atoms with van der Waals surface area (Å²) in [5.41, 5.74) is 8.50. The molecule has 2 N–H and O–H groups in total. The highest BCUT2D eigenvalue weighted by molar-refractivity contribution is 6.00. The number of rotatable bonds is 2. The Morgan fingerprint density at radius 1 is 1.36 bits per heavy atom. The van der Waals surface area contributed by atoms with Crippen LogP contribution in [0.1, 0.15) is 27.9 Å². The highest BCUT2D eigenvalue weighted by atomic mass is 16.1. The third-order valence-corrected chi connectivity index (χ3v) is 2.50. The maximum absolute atomic E-state index is 11.4. The van der Waals surface area contributed by atoms with E-state index in [9.17, 15) is 4.79 Å². The van der Waals surface area contributed by atoms with Crippen LogP contribution in [-0.4, -0.2) is 12.3 Å². The molecule has 0 heterocycles. The van der Waals surface area contributed by atoms with Gasteiger partial charge in [-0.1, -0.05) is 24.3 Å². The van der Waals surface area contributed by atoms with Gasteiger partial charge in [-0.25, -0.2) is 0 Å². The minimum absolute atomic E-state index is 0.267.